The van der Waals surface area contributed by atoms with E-state index >= 15 is 0 Å². The van der Waals surface area contributed by atoms with E-state index in [2.05, 4.69) is 133 Å². The first-order valence-electron chi connectivity index (χ1n) is 13.5. The molecule has 0 unspecified atom stereocenters. The van der Waals surface area contributed by atoms with Crippen LogP contribution in [0.25, 0.3) is 71.4 Å². The van der Waals surface area contributed by atoms with Crippen molar-refractivity contribution in [2.24, 2.45) is 0 Å². The van der Waals surface area contributed by atoms with Gasteiger partial charge in [0.1, 0.15) is 0 Å². The van der Waals surface area contributed by atoms with Gasteiger partial charge in [-0.1, -0.05) is 127 Å². The summed E-state index contributed by atoms with van der Waals surface area (Å²) in [6.07, 6.45) is 6.89. The van der Waals surface area contributed by atoms with Crippen molar-refractivity contribution in [2.45, 2.75) is 12.8 Å². The largest absolute Gasteiger partial charge is 0.0836 e. The quantitative estimate of drug-likeness (QED) is 0.215. The normalized spacial score (nSPS) is 12.9. The monoisotopic (exact) mass is 482 g/mol. The molecular weight excluding hydrogens is 456 g/mol. The standard InChI is InChI=1S/C38H26/c1-3-15-27-25(12-1)14-11-23-31(27)37-32-19-7-9-21-34(32)38(35-22-10-8-20-33(35)37)36-24-26-13-2-4-16-28(26)29-17-5-6-18-30(29)36/h1-4,6-16,18-24H,5,17H2. The predicted molar refractivity (Wildman–Crippen MR) is 165 cm³/mol. The maximum atomic E-state index is 2.43. The Hall–Kier alpha value is -4.68. The second kappa shape index (κ2) is 8.43. The van der Waals surface area contributed by atoms with Gasteiger partial charge in [0.05, 0.1) is 0 Å². The van der Waals surface area contributed by atoms with E-state index in [-0.39, 0.29) is 0 Å². The summed E-state index contributed by atoms with van der Waals surface area (Å²) in [7, 11) is 0. The van der Waals surface area contributed by atoms with Crippen LogP contribution >= 0.6 is 0 Å². The number of fused-ring (bicyclic) bond motifs is 6. The van der Waals surface area contributed by atoms with Crippen LogP contribution in [0.15, 0.2) is 127 Å². The van der Waals surface area contributed by atoms with E-state index in [9.17, 15) is 0 Å². The highest BCUT2D eigenvalue weighted by Gasteiger charge is 2.21. The summed E-state index contributed by atoms with van der Waals surface area (Å²) in [5.74, 6) is 0. The van der Waals surface area contributed by atoms with Gasteiger partial charge in [-0.2, -0.15) is 0 Å². The highest BCUT2D eigenvalue weighted by atomic mass is 14.2. The first kappa shape index (κ1) is 21.4. The zero-order valence-corrected chi connectivity index (χ0v) is 21.1. The third-order valence-electron chi connectivity index (χ3n) is 8.31. The fourth-order valence-electron chi connectivity index (χ4n) is 6.69. The molecule has 8 rings (SSSR count). The lowest BCUT2D eigenvalue weighted by Crippen LogP contribution is -2.00. The van der Waals surface area contributed by atoms with Crippen LogP contribution < -0.4 is 0 Å². The minimum Gasteiger partial charge on any atom is -0.0836 e. The fraction of sp³-hybridized carbons (Fsp3) is 0.0526. The molecule has 178 valence electrons. The summed E-state index contributed by atoms with van der Waals surface area (Å²) >= 11 is 0. The first-order chi connectivity index (χ1) is 18.9. The molecule has 0 fully saturated rings. The average Bonchev–Trinajstić information content (AvgIpc) is 2.99. The van der Waals surface area contributed by atoms with E-state index in [1.807, 2.05) is 0 Å². The van der Waals surface area contributed by atoms with Gasteiger partial charge in [0.15, 0.2) is 0 Å². The van der Waals surface area contributed by atoms with E-state index in [0.717, 1.165) is 12.8 Å². The van der Waals surface area contributed by atoms with Crippen molar-refractivity contribution < 1.29 is 0 Å². The molecule has 0 aliphatic heterocycles. The number of hydrogen-bond donors (Lipinski definition) is 0. The van der Waals surface area contributed by atoms with Crippen LogP contribution in [0.1, 0.15) is 17.5 Å². The Labute approximate surface area is 222 Å². The molecule has 7 aromatic carbocycles. The molecule has 0 heteroatoms. The molecule has 1 aliphatic carbocycles. The SMILES string of the molecule is C1=Cc2c(-c3c4ccccc4c(-c4cccc5ccccc45)c4ccccc34)cc3ccccc3c2CC1. The smallest absolute Gasteiger partial charge is 0.00200 e. The summed E-state index contributed by atoms with van der Waals surface area (Å²) in [5, 5.41) is 10.5. The molecule has 0 saturated heterocycles. The molecule has 0 amide bonds. The molecule has 0 bridgehead atoms. The molecule has 0 N–H and O–H groups in total. The van der Waals surface area contributed by atoms with Gasteiger partial charge in [0.2, 0.25) is 0 Å². The number of rotatable bonds is 2. The summed E-state index contributed by atoms with van der Waals surface area (Å²) in [6.45, 7) is 0. The Morgan fingerprint density at radius 2 is 0.947 bits per heavy atom. The molecule has 7 aromatic rings. The minimum atomic E-state index is 1.09. The third-order valence-corrected chi connectivity index (χ3v) is 8.31. The molecule has 38 heavy (non-hydrogen) atoms. The van der Waals surface area contributed by atoms with Gasteiger partial charge in [-0.05, 0) is 95.4 Å². The zero-order valence-electron chi connectivity index (χ0n) is 21.1. The van der Waals surface area contributed by atoms with Crippen molar-refractivity contribution in [3.05, 3.63) is 139 Å². The van der Waals surface area contributed by atoms with E-state index < -0.39 is 0 Å². The molecule has 0 spiro atoms. The van der Waals surface area contributed by atoms with Gasteiger partial charge in [-0.3, -0.25) is 0 Å². The van der Waals surface area contributed by atoms with E-state index in [1.165, 1.54) is 76.5 Å². The molecule has 0 aromatic heterocycles. The zero-order chi connectivity index (χ0) is 25.1. The Bertz CT molecular complexity index is 2010. The second-order valence-corrected chi connectivity index (χ2v) is 10.3. The van der Waals surface area contributed by atoms with Crippen molar-refractivity contribution in [1.29, 1.82) is 0 Å². The topological polar surface area (TPSA) is 0 Å². The summed E-state index contributed by atoms with van der Waals surface area (Å²) < 4.78 is 0. The third kappa shape index (κ3) is 3.10. The van der Waals surface area contributed by atoms with Crippen molar-refractivity contribution in [3.8, 4) is 22.3 Å². The predicted octanol–water partition coefficient (Wildman–Crippen LogP) is 10.6. The van der Waals surface area contributed by atoms with Gasteiger partial charge < -0.3 is 0 Å². The van der Waals surface area contributed by atoms with Gasteiger partial charge >= 0.3 is 0 Å². The minimum absolute atomic E-state index is 1.09. The lowest BCUT2D eigenvalue weighted by atomic mass is 9.80. The van der Waals surface area contributed by atoms with Crippen LogP contribution in [0.3, 0.4) is 0 Å². The van der Waals surface area contributed by atoms with Crippen LogP contribution in [-0.2, 0) is 6.42 Å². The highest BCUT2D eigenvalue weighted by molar-refractivity contribution is 6.24. The number of hydrogen-bond acceptors (Lipinski definition) is 0. The van der Waals surface area contributed by atoms with Crippen LogP contribution in [-0.4, -0.2) is 0 Å². The van der Waals surface area contributed by atoms with Gasteiger partial charge in [0.25, 0.3) is 0 Å². The number of allylic oxidation sites excluding steroid dienone is 1. The van der Waals surface area contributed by atoms with E-state index in [0.29, 0.717) is 0 Å². The average molecular weight is 483 g/mol. The van der Waals surface area contributed by atoms with Crippen molar-refractivity contribution in [3.63, 3.8) is 0 Å². The lowest BCUT2D eigenvalue weighted by molar-refractivity contribution is 0.998. The molecule has 0 saturated carbocycles. The molecule has 0 radical (unpaired) electrons. The Morgan fingerprint density at radius 3 is 1.63 bits per heavy atom. The maximum absolute atomic E-state index is 2.43. The Morgan fingerprint density at radius 1 is 0.421 bits per heavy atom. The van der Waals surface area contributed by atoms with Crippen molar-refractivity contribution in [2.75, 3.05) is 0 Å². The van der Waals surface area contributed by atoms with Crippen LogP contribution in [0.4, 0.5) is 0 Å². The van der Waals surface area contributed by atoms with E-state index in [1.54, 1.807) is 0 Å². The van der Waals surface area contributed by atoms with Crippen molar-refractivity contribution >= 4 is 49.2 Å². The van der Waals surface area contributed by atoms with Crippen molar-refractivity contribution in [1.82, 2.24) is 0 Å². The summed E-state index contributed by atoms with van der Waals surface area (Å²) in [6, 6.07) is 44.8. The molecule has 0 heterocycles. The fourth-order valence-corrected chi connectivity index (χ4v) is 6.69. The molecule has 1 aliphatic rings. The molecule has 0 atom stereocenters. The Balaban J connectivity index is 1.57. The van der Waals surface area contributed by atoms with Crippen LogP contribution in [0.2, 0.25) is 0 Å². The Kier molecular flexibility index (Phi) is 4.75. The van der Waals surface area contributed by atoms with Gasteiger partial charge in [-0.25, -0.2) is 0 Å². The molecule has 0 nitrogen and oxygen atoms in total. The van der Waals surface area contributed by atoms with Gasteiger partial charge in [-0.15, -0.1) is 0 Å². The maximum Gasteiger partial charge on any atom is -0.00200 e. The number of aryl methyl sites for hydroxylation is 1. The van der Waals surface area contributed by atoms with Crippen LogP contribution in [0, 0.1) is 0 Å². The first-order valence-corrected chi connectivity index (χ1v) is 13.5. The van der Waals surface area contributed by atoms with E-state index in [4.69, 9.17) is 0 Å². The highest BCUT2D eigenvalue weighted by Crippen LogP contribution is 2.47. The van der Waals surface area contributed by atoms with Crippen LogP contribution in [0.5, 0.6) is 0 Å². The molecular formula is C38H26. The summed E-state index contributed by atoms with van der Waals surface area (Å²) in [5.41, 5.74) is 8.15. The van der Waals surface area contributed by atoms with Gasteiger partial charge in [0, 0.05) is 0 Å². The summed E-state index contributed by atoms with van der Waals surface area (Å²) in [4.78, 5) is 0. The second-order valence-electron chi connectivity index (χ2n) is 10.3. The lowest BCUT2D eigenvalue weighted by Gasteiger charge is -2.23. The number of benzene rings is 7.